The Bertz CT molecular complexity index is 418. The molecule has 1 aromatic rings. The Kier molecular flexibility index (Phi) is 10.0. The molecule has 0 fully saturated rings. The van der Waals surface area contributed by atoms with Crippen LogP contribution in [-0.4, -0.2) is 54.1 Å². The number of rotatable bonds is 11. The zero-order chi connectivity index (χ0) is 16.0. The number of ether oxygens (including phenoxy) is 1. The first-order valence-corrected chi connectivity index (χ1v) is 8.19. The Balaban J connectivity index is 2.38. The minimum Gasteiger partial charge on any atom is -0.385 e. The second-order valence-corrected chi connectivity index (χ2v) is 5.08. The second kappa shape index (κ2) is 12.0. The van der Waals surface area contributed by atoms with Crippen LogP contribution in [0.4, 0.5) is 0 Å². The normalized spacial score (nSPS) is 11.7. The highest BCUT2D eigenvalue weighted by Gasteiger charge is 2.02. The topological polar surface area (TPSA) is 76.4 Å². The van der Waals surface area contributed by atoms with Crippen LogP contribution in [0.2, 0.25) is 0 Å². The molecule has 126 valence electrons. The van der Waals surface area contributed by atoms with Crippen molar-refractivity contribution < 1.29 is 4.74 Å². The first-order chi connectivity index (χ1) is 10.8. The fourth-order valence-electron chi connectivity index (χ4n) is 1.99. The van der Waals surface area contributed by atoms with E-state index in [-0.39, 0.29) is 0 Å². The van der Waals surface area contributed by atoms with Crippen molar-refractivity contribution in [2.45, 2.75) is 46.1 Å². The van der Waals surface area contributed by atoms with Crippen molar-refractivity contribution in [3.63, 3.8) is 0 Å². The fourth-order valence-corrected chi connectivity index (χ4v) is 1.99. The Labute approximate surface area is 133 Å². The van der Waals surface area contributed by atoms with Crippen LogP contribution in [0.1, 0.15) is 38.9 Å². The highest BCUT2D eigenvalue weighted by molar-refractivity contribution is 5.79. The molecular weight excluding hydrogens is 280 g/mol. The number of aryl methyl sites for hydroxylation is 1. The van der Waals surface area contributed by atoms with E-state index in [1.165, 1.54) is 6.42 Å². The van der Waals surface area contributed by atoms with E-state index < -0.39 is 0 Å². The van der Waals surface area contributed by atoms with Crippen LogP contribution in [0.5, 0.6) is 0 Å². The van der Waals surface area contributed by atoms with E-state index in [2.05, 4.69) is 44.2 Å². The average molecular weight is 310 g/mol. The molecule has 7 heteroatoms. The van der Waals surface area contributed by atoms with E-state index in [4.69, 9.17) is 4.74 Å². The lowest BCUT2D eigenvalue weighted by Gasteiger charge is -2.13. The summed E-state index contributed by atoms with van der Waals surface area (Å²) in [6.45, 7) is 8.36. The fraction of sp³-hybridized carbons (Fsp3) is 0.800. The molecule has 1 aromatic heterocycles. The largest absolute Gasteiger partial charge is 0.385 e. The number of methoxy groups -OCH3 is 1. The summed E-state index contributed by atoms with van der Waals surface area (Å²) < 4.78 is 7.12. The molecule has 0 aromatic carbocycles. The van der Waals surface area contributed by atoms with Gasteiger partial charge < -0.3 is 19.9 Å². The van der Waals surface area contributed by atoms with Gasteiger partial charge in [0.15, 0.2) is 5.96 Å². The van der Waals surface area contributed by atoms with Gasteiger partial charge in [-0.25, -0.2) is 0 Å². The highest BCUT2D eigenvalue weighted by atomic mass is 16.5. The second-order valence-electron chi connectivity index (χ2n) is 5.08. The van der Waals surface area contributed by atoms with Crippen molar-refractivity contribution >= 4 is 5.96 Å². The average Bonchev–Trinajstić information content (AvgIpc) is 2.98. The third kappa shape index (κ3) is 7.40. The molecule has 7 nitrogen and oxygen atoms in total. The lowest BCUT2D eigenvalue weighted by molar-refractivity contribution is 0.197. The third-order valence-electron chi connectivity index (χ3n) is 3.26. The number of hydrogen-bond donors (Lipinski definition) is 2. The molecular formula is C15H30N6O. The van der Waals surface area contributed by atoms with Crippen molar-refractivity contribution in [2.24, 2.45) is 4.99 Å². The van der Waals surface area contributed by atoms with Crippen molar-refractivity contribution in [3.8, 4) is 0 Å². The van der Waals surface area contributed by atoms with Crippen molar-refractivity contribution in [2.75, 3.05) is 33.4 Å². The van der Waals surface area contributed by atoms with Crippen molar-refractivity contribution in [3.05, 3.63) is 12.2 Å². The molecule has 22 heavy (non-hydrogen) atoms. The zero-order valence-electron chi connectivity index (χ0n) is 14.1. The molecule has 1 heterocycles. The minimum absolute atomic E-state index is 0.742. The van der Waals surface area contributed by atoms with Crippen LogP contribution in [0, 0.1) is 0 Å². The van der Waals surface area contributed by atoms with Crippen LogP contribution in [-0.2, 0) is 17.7 Å². The number of unbranched alkanes of at least 4 members (excludes halogenated alkanes) is 1. The molecule has 0 amide bonds. The van der Waals surface area contributed by atoms with Gasteiger partial charge in [-0.1, -0.05) is 20.3 Å². The standard InChI is InChI=1S/C15H30N6O/c1-4-6-8-16-15(17-9-7-12-22-3)18-10-11-21-13-19-20-14(21)5-2/h13H,4-12H2,1-3H3,(H2,16,17,18). The van der Waals surface area contributed by atoms with E-state index in [0.717, 1.165) is 63.8 Å². The van der Waals surface area contributed by atoms with Crippen LogP contribution < -0.4 is 10.6 Å². The van der Waals surface area contributed by atoms with Gasteiger partial charge >= 0.3 is 0 Å². The van der Waals surface area contributed by atoms with Crippen molar-refractivity contribution in [1.29, 1.82) is 0 Å². The quantitative estimate of drug-likeness (QED) is 0.365. The Morgan fingerprint density at radius 2 is 2.09 bits per heavy atom. The minimum atomic E-state index is 0.742. The number of guanidine groups is 1. The predicted octanol–water partition coefficient (Wildman–Crippen LogP) is 1.21. The maximum absolute atomic E-state index is 5.05. The Morgan fingerprint density at radius 3 is 2.82 bits per heavy atom. The predicted molar refractivity (Wildman–Crippen MR) is 89.1 cm³/mol. The number of nitrogens with one attached hydrogen (secondary N) is 2. The van der Waals surface area contributed by atoms with E-state index in [1.807, 2.05) is 0 Å². The molecule has 0 saturated carbocycles. The van der Waals surface area contributed by atoms with E-state index >= 15 is 0 Å². The maximum atomic E-state index is 5.05. The first-order valence-electron chi connectivity index (χ1n) is 8.19. The van der Waals surface area contributed by atoms with Gasteiger partial charge in [0, 0.05) is 46.3 Å². The monoisotopic (exact) mass is 310 g/mol. The van der Waals surface area contributed by atoms with Crippen LogP contribution >= 0.6 is 0 Å². The molecule has 0 aliphatic rings. The lowest BCUT2D eigenvalue weighted by Crippen LogP contribution is -2.39. The molecule has 0 unspecified atom stereocenters. The van der Waals surface area contributed by atoms with Crippen molar-refractivity contribution in [1.82, 2.24) is 25.4 Å². The van der Waals surface area contributed by atoms with Gasteiger partial charge in [0.25, 0.3) is 0 Å². The number of aliphatic imine (C=N–C) groups is 1. The zero-order valence-corrected chi connectivity index (χ0v) is 14.1. The Morgan fingerprint density at radius 1 is 1.27 bits per heavy atom. The van der Waals surface area contributed by atoms with E-state index in [1.54, 1.807) is 13.4 Å². The van der Waals surface area contributed by atoms with Gasteiger partial charge in [0.2, 0.25) is 0 Å². The molecule has 2 N–H and O–H groups in total. The first kappa shape index (κ1) is 18.4. The molecule has 1 rings (SSSR count). The van der Waals surface area contributed by atoms with Crippen LogP contribution in [0.15, 0.2) is 11.3 Å². The van der Waals surface area contributed by atoms with E-state index in [9.17, 15) is 0 Å². The SMILES string of the molecule is CCCCNC(=NCCCOC)NCCn1cnnc1CC. The summed E-state index contributed by atoms with van der Waals surface area (Å²) in [4.78, 5) is 4.57. The van der Waals surface area contributed by atoms with Gasteiger partial charge in [-0.15, -0.1) is 10.2 Å². The van der Waals surface area contributed by atoms with Gasteiger partial charge in [0.1, 0.15) is 12.2 Å². The molecule has 0 bridgehead atoms. The van der Waals surface area contributed by atoms with Gasteiger partial charge in [-0.2, -0.15) is 0 Å². The third-order valence-corrected chi connectivity index (χ3v) is 3.26. The summed E-state index contributed by atoms with van der Waals surface area (Å²) >= 11 is 0. The van der Waals surface area contributed by atoms with Gasteiger partial charge in [0.05, 0.1) is 0 Å². The molecule has 0 radical (unpaired) electrons. The summed E-state index contributed by atoms with van der Waals surface area (Å²) in [6.07, 6.45) is 5.92. The summed E-state index contributed by atoms with van der Waals surface area (Å²) in [5.41, 5.74) is 0. The summed E-state index contributed by atoms with van der Waals surface area (Å²) in [7, 11) is 1.72. The number of nitrogens with zero attached hydrogens (tertiary/aromatic N) is 4. The molecule has 0 saturated heterocycles. The highest BCUT2D eigenvalue weighted by Crippen LogP contribution is 1.94. The molecule has 0 atom stereocenters. The molecule has 0 aliphatic heterocycles. The van der Waals surface area contributed by atoms with Crippen LogP contribution in [0.3, 0.4) is 0 Å². The van der Waals surface area contributed by atoms with E-state index in [0.29, 0.717) is 0 Å². The molecule has 0 spiro atoms. The smallest absolute Gasteiger partial charge is 0.191 e. The maximum Gasteiger partial charge on any atom is 0.191 e. The number of hydrogen-bond acceptors (Lipinski definition) is 4. The summed E-state index contributed by atoms with van der Waals surface area (Å²) in [6, 6.07) is 0. The van der Waals surface area contributed by atoms with Gasteiger partial charge in [-0.3, -0.25) is 4.99 Å². The Hall–Kier alpha value is -1.63. The lowest BCUT2D eigenvalue weighted by atomic mass is 10.3. The number of aromatic nitrogens is 3. The summed E-state index contributed by atoms with van der Waals surface area (Å²) in [5, 5.41) is 14.8. The molecule has 0 aliphatic carbocycles. The van der Waals surface area contributed by atoms with Gasteiger partial charge in [-0.05, 0) is 12.8 Å². The summed E-state index contributed by atoms with van der Waals surface area (Å²) in [5.74, 6) is 1.88. The van der Waals surface area contributed by atoms with Crippen LogP contribution in [0.25, 0.3) is 0 Å².